The maximum absolute atomic E-state index is 12.1. The molecule has 0 aliphatic carbocycles. The molecule has 1 aromatic rings. The van der Waals surface area contributed by atoms with Gasteiger partial charge in [0, 0.05) is 13.5 Å². The SMILES string of the molecule is CC(=O)N(CCCN(C)C)CC(=O)Nc1c(Cl)cccc1Cl. The Morgan fingerprint density at radius 1 is 1.14 bits per heavy atom. The van der Waals surface area contributed by atoms with Crippen LogP contribution in [0.2, 0.25) is 10.0 Å². The van der Waals surface area contributed by atoms with Crippen LogP contribution >= 0.6 is 23.2 Å². The van der Waals surface area contributed by atoms with Crippen molar-refractivity contribution >= 4 is 40.7 Å². The molecule has 0 aliphatic heterocycles. The highest BCUT2D eigenvalue weighted by molar-refractivity contribution is 6.39. The lowest BCUT2D eigenvalue weighted by Gasteiger charge is -2.21. The number of nitrogens with one attached hydrogen (secondary N) is 1. The van der Waals surface area contributed by atoms with Gasteiger partial charge in [0.25, 0.3) is 0 Å². The summed E-state index contributed by atoms with van der Waals surface area (Å²) in [6.45, 7) is 2.80. The third kappa shape index (κ3) is 6.22. The van der Waals surface area contributed by atoms with Crippen molar-refractivity contribution < 1.29 is 9.59 Å². The number of benzene rings is 1. The standard InChI is InChI=1S/C15H21Cl2N3O2/c1-11(21)20(9-5-8-19(2)3)10-14(22)18-15-12(16)6-4-7-13(15)17/h4,6-7H,5,8-10H2,1-3H3,(H,18,22). The Balaban J connectivity index is 2.62. The van der Waals surface area contributed by atoms with Crippen molar-refractivity contribution in [3.8, 4) is 0 Å². The van der Waals surface area contributed by atoms with E-state index in [0.717, 1.165) is 13.0 Å². The Bertz CT molecular complexity index is 515. The molecule has 122 valence electrons. The van der Waals surface area contributed by atoms with Crippen LogP contribution in [0.25, 0.3) is 0 Å². The minimum absolute atomic E-state index is 0.0235. The van der Waals surface area contributed by atoms with E-state index in [0.29, 0.717) is 22.3 Å². The number of halogens is 2. The van der Waals surface area contributed by atoms with Gasteiger partial charge in [-0.05, 0) is 39.2 Å². The highest BCUT2D eigenvalue weighted by atomic mass is 35.5. The summed E-state index contributed by atoms with van der Waals surface area (Å²) in [5, 5.41) is 3.38. The first-order valence-corrected chi connectivity index (χ1v) is 7.71. The van der Waals surface area contributed by atoms with Crippen molar-refractivity contribution in [1.29, 1.82) is 0 Å². The lowest BCUT2D eigenvalue weighted by Crippen LogP contribution is -2.38. The Morgan fingerprint density at radius 2 is 1.73 bits per heavy atom. The second-order valence-electron chi connectivity index (χ2n) is 5.24. The third-order valence-corrected chi connectivity index (χ3v) is 3.67. The molecule has 7 heteroatoms. The summed E-state index contributed by atoms with van der Waals surface area (Å²) in [6.07, 6.45) is 0.798. The number of amides is 2. The average molecular weight is 346 g/mol. The van der Waals surface area contributed by atoms with Gasteiger partial charge in [0.15, 0.2) is 0 Å². The Morgan fingerprint density at radius 3 is 2.23 bits per heavy atom. The zero-order chi connectivity index (χ0) is 16.7. The minimum atomic E-state index is -0.324. The molecule has 0 aliphatic rings. The first-order chi connectivity index (χ1) is 10.3. The van der Waals surface area contributed by atoms with E-state index < -0.39 is 0 Å². The Kier molecular flexibility index (Phi) is 7.65. The fourth-order valence-corrected chi connectivity index (χ4v) is 2.39. The predicted octanol–water partition coefficient (Wildman–Crippen LogP) is 2.73. The second kappa shape index (κ2) is 8.98. The molecule has 0 spiro atoms. The van der Waals surface area contributed by atoms with Crippen molar-refractivity contribution in [1.82, 2.24) is 9.80 Å². The van der Waals surface area contributed by atoms with E-state index in [-0.39, 0.29) is 18.4 Å². The topological polar surface area (TPSA) is 52.7 Å². The van der Waals surface area contributed by atoms with Gasteiger partial charge in [-0.2, -0.15) is 0 Å². The van der Waals surface area contributed by atoms with Crippen LogP contribution in [-0.4, -0.2) is 55.3 Å². The first-order valence-electron chi connectivity index (χ1n) is 6.95. The lowest BCUT2D eigenvalue weighted by molar-refractivity contribution is -0.132. The normalized spacial score (nSPS) is 10.6. The van der Waals surface area contributed by atoms with Gasteiger partial charge in [-0.1, -0.05) is 29.3 Å². The molecule has 0 saturated carbocycles. The average Bonchev–Trinajstić information content (AvgIpc) is 2.41. The molecule has 0 heterocycles. The summed E-state index contributed by atoms with van der Waals surface area (Å²) in [5.74, 6) is -0.464. The molecule has 0 aromatic heterocycles. The number of carbonyl (C=O) groups excluding carboxylic acids is 2. The van der Waals surface area contributed by atoms with Crippen LogP contribution in [-0.2, 0) is 9.59 Å². The largest absolute Gasteiger partial charge is 0.334 e. The molecule has 0 atom stereocenters. The van der Waals surface area contributed by atoms with Crippen molar-refractivity contribution in [2.75, 3.05) is 39.0 Å². The van der Waals surface area contributed by atoms with Crippen LogP contribution in [0, 0.1) is 0 Å². The van der Waals surface area contributed by atoms with Crippen molar-refractivity contribution in [2.24, 2.45) is 0 Å². The first kappa shape index (κ1) is 18.7. The van der Waals surface area contributed by atoms with Crippen LogP contribution in [0.15, 0.2) is 18.2 Å². The third-order valence-electron chi connectivity index (χ3n) is 3.04. The van der Waals surface area contributed by atoms with Gasteiger partial charge in [-0.3, -0.25) is 9.59 Å². The van der Waals surface area contributed by atoms with Gasteiger partial charge < -0.3 is 15.1 Å². The van der Waals surface area contributed by atoms with Gasteiger partial charge in [-0.25, -0.2) is 0 Å². The van der Waals surface area contributed by atoms with Gasteiger partial charge in [-0.15, -0.1) is 0 Å². The number of carbonyl (C=O) groups is 2. The smallest absolute Gasteiger partial charge is 0.244 e. The maximum Gasteiger partial charge on any atom is 0.244 e. The molecule has 1 rings (SSSR count). The van der Waals surface area contributed by atoms with Gasteiger partial charge >= 0.3 is 0 Å². The molecule has 0 unspecified atom stereocenters. The predicted molar refractivity (Wildman–Crippen MR) is 90.5 cm³/mol. The molecule has 1 aromatic carbocycles. The molecule has 5 nitrogen and oxygen atoms in total. The number of hydrogen-bond donors (Lipinski definition) is 1. The van der Waals surface area contributed by atoms with E-state index in [4.69, 9.17) is 23.2 Å². The summed E-state index contributed by atoms with van der Waals surface area (Å²) in [5.41, 5.74) is 0.368. The molecule has 0 radical (unpaired) electrons. The minimum Gasteiger partial charge on any atom is -0.334 e. The van der Waals surface area contributed by atoms with Crippen molar-refractivity contribution in [2.45, 2.75) is 13.3 Å². The summed E-state index contributed by atoms with van der Waals surface area (Å²) >= 11 is 12.0. The molecule has 22 heavy (non-hydrogen) atoms. The molecule has 0 saturated heterocycles. The molecular formula is C15H21Cl2N3O2. The van der Waals surface area contributed by atoms with E-state index in [1.807, 2.05) is 19.0 Å². The summed E-state index contributed by atoms with van der Waals surface area (Å²) in [7, 11) is 3.93. The number of hydrogen-bond acceptors (Lipinski definition) is 3. The number of nitrogens with zero attached hydrogens (tertiary/aromatic N) is 2. The van der Waals surface area contributed by atoms with E-state index in [2.05, 4.69) is 5.32 Å². The summed E-state index contributed by atoms with van der Waals surface area (Å²) < 4.78 is 0. The zero-order valence-electron chi connectivity index (χ0n) is 13.0. The highest BCUT2D eigenvalue weighted by Crippen LogP contribution is 2.29. The van der Waals surface area contributed by atoms with Crippen molar-refractivity contribution in [3.05, 3.63) is 28.2 Å². The molecular weight excluding hydrogens is 325 g/mol. The molecule has 2 amide bonds. The van der Waals surface area contributed by atoms with E-state index in [1.165, 1.54) is 11.8 Å². The Labute approximate surface area is 141 Å². The summed E-state index contributed by atoms with van der Waals surface area (Å²) in [6, 6.07) is 4.98. The van der Waals surface area contributed by atoms with Crippen LogP contribution < -0.4 is 5.32 Å². The zero-order valence-corrected chi connectivity index (χ0v) is 14.5. The van der Waals surface area contributed by atoms with E-state index in [9.17, 15) is 9.59 Å². The van der Waals surface area contributed by atoms with Gasteiger partial charge in [0.05, 0.1) is 22.3 Å². The lowest BCUT2D eigenvalue weighted by atomic mass is 10.3. The highest BCUT2D eigenvalue weighted by Gasteiger charge is 2.15. The fourth-order valence-electron chi connectivity index (χ4n) is 1.90. The Hall–Kier alpha value is -1.30. The summed E-state index contributed by atoms with van der Waals surface area (Å²) in [4.78, 5) is 27.3. The van der Waals surface area contributed by atoms with Crippen LogP contribution in [0.1, 0.15) is 13.3 Å². The fraction of sp³-hybridized carbons (Fsp3) is 0.467. The molecule has 1 N–H and O–H groups in total. The number of rotatable bonds is 7. The van der Waals surface area contributed by atoms with Crippen molar-refractivity contribution in [3.63, 3.8) is 0 Å². The van der Waals surface area contributed by atoms with E-state index in [1.54, 1.807) is 18.2 Å². The van der Waals surface area contributed by atoms with Crippen LogP contribution in [0.4, 0.5) is 5.69 Å². The number of para-hydroxylation sites is 1. The molecule has 0 fully saturated rings. The van der Waals surface area contributed by atoms with Crippen LogP contribution in [0.5, 0.6) is 0 Å². The van der Waals surface area contributed by atoms with Gasteiger partial charge in [0.1, 0.15) is 0 Å². The monoisotopic (exact) mass is 345 g/mol. The number of anilines is 1. The molecule has 0 bridgehead atoms. The second-order valence-corrected chi connectivity index (χ2v) is 6.06. The van der Waals surface area contributed by atoms with Gasteiger partial charge in [0.2, 0.25) is 11.8 Å². The van der Waals surface area contributed by atoms with E-state index >= 15 is 0 Å². The maximum atomic E-state index is 12.1. The quantitative estimate of drug-likeness (QED) is 0.826. The van der Waals surface area contributed by atoms with Crippen LogP contribution in [0.3, 0.4) is 0 Å².